The standard InChI is InChI=1S/C19H23NO3S2/c1-13(2)25(22,23)12-19(21)20-16-7-9-17(10-8-16)24-18-11-14(3)5-6-15(18)4/h5-11,13H,12H2,1-4H3,(H,20,21). The fourth-order valence-electron chi connectivity index (χ4n) is 2.10. The van der Waals surface area contributed by atoms with Crippen LogP contribution in [0.25, 0.3) is 0 Å². The third-order valence-electron chi connectivity index (χ3n) is 3.76. The molecular formula is C19H23NO3S2. The predicted molar refractivity (Wildman–Crippen MR) is 104 cm³/mol. The maximum atomic E-state index is 11.9. The molecule has 2 aromatic carbocycles. The zero-order valence-corrected chi connectivity index (χ0v) is 16.5. The summed E-state index contributed by atoms with van der Waals surface area (Å²) in [6, 6.07) is 13.7. The predicted octanol–water partition coefficient (Wildman–Crippen LogP) is 4.22. The zero-order valence-electron chi connectivity index (χ0n) is 14.9. The van der Waals surface area contributed by atoms with E-state index in [1.165, 1.54) is 16.0 Å². The van der Waals surface area contributed by atoms with Crippen molar-refractivity contribution in [3.63, 3.8) is 0 Å². The molecule has 0 heterocycles. The Morgan fingerprint density at radius 3 is 2.32 bits per heavy atom. The first kappa shape index (κ1) is 19.5. The Morgan fingerprint density at radius 2 is 1.72 bits per heavy atom. The van der Waals surface area contributed by atoms with E-state index in [0.717, 1.165) is 4.90 Å². The summed E-state index contributed by atoms with van der Waals surface area (Å²) in [5.74, 6) is -1.01. The normalized spacial score (nSPS) is 11.6. The smallest absolute Gasteiger partial charge is 0.239 e. The summed E-state index contributed by atoms with van der Waals surface area (Å²) in [5.41, 5.74) is 3.02. The van der Waals surface area contributed by atoms with Crippen molar-refractivity contribution in [2.45, 2.75) is 42.7 Å². The number of amides is 1. The lowest BCUT2D eigenvalue weighted by Gasteiger charge is -2.10. The molecule has 1 amide bonds. The van der Waals surface area contributed by atoms with E-state index in [-0.39, 0.29) is 0 Å². The highest BCUT2D eigenvalue weighted by atomic mass is 32.2. The van der Waals surface area contributed by atoms with E-state index in [0.29, 0.717) is 5.69 Å². The van der Waals surface area contributed by atoms with Gasteiger partial charge in [-0.15, -0.1) is 0 Å². The molecule has 0 aliphatic rings. The third-order valence-corrected chi connectivity index (χ3v) is 7.03. The van der Waals surface area contributed by atoms with Gasteiger partial charge in [-0.1, -0.05) is 23.9 Å². The van der Waals surface area contributed by atoms with E-state index in [1.807, 2.05) is 12.1 Å². The minimum absolute atomic E-state index is 0.496. The molecule has 6 heteroatoms. The Balaban J connectivity index is 2.02. The topological polar surface area (TPSA) is 63.2 Å². The Hall–Kier alpha value is -1.79. The third kappa shape index (κ3) is 5.61. The molecule has 25 heavy (non-hydrogen) atoms. The molecule has 0 aromatic heterocycles. The van der Waals surface area contributed by atoms with Gasteiger partial charge in [-0.2, -0.15) is 0 Å². The van der Waals surface area contributed by atoms with E-state index in [1.54, 1.807) is 37.7 Å². The fraction of sp³-hybridized carbons (Fsp3) is 0.316. The molecule has 0 unspecified atom stereocenters. The van der Waals surface area contributed by atoms with Crippen molar-refractivity contribution in [3.05, 3.63) is 53.6 Å². The van der Waals surface area contributed by atoms with Gasteiger partial charge in [0, 0.05) is 15.5 Å². The number of carbonyl (C=O) groups excluding carboxylic acids is 1. The maximum Gasteiger partial charge on any atom is 0.239 e. The molecule has 0 bridgehead atoms. The van der Waals surface area contributed by atoms with Crippen LogP contribution in [0, 0.1) is 13.8 Å². The summed E-state index contributed by atoms with van der Waals surface area (Å²) >= 11 is 1.66. The van der Waals surface area contributed by atoms with Crippen LogP contribution in [0.5, 0.6) is 0 Å². The second-order valence-electron chi connectivity index (χ2n) is 6.30. The molecule has 2 aromatic rings. The lowest BCUT2D eigenvalue weighted by molar-refractivity contribution is -0.113. The molecule has 0 saturated heterocycles. The summed E-state index contributed by atoms with van der Waals surface area (Å²) in [6.07, 6.45) is 0. The quantitative estimate of drug-likeness (QED) is 0.819. The van der Waals surface area contributed by atoms with Gasteiger partial charge in [0.1, 0.15) is 5.75 Å². The van der Waals surface area contributed by atoms with E-state index < -0.39 is 26.7 Å². The Bertz CT molecular complexity index is 857. The van der Waals surface area contributed by atoms with E-state index in [2.05, 4.69) is 37.4 Å². The highest BCUT2D eigenvalue weighted by molar-refractivity contribution is 7.99. The maximum absolute atomic E-state index is 11.9. The van der Waals surface area contributed by atoms with Crippen molar-refractivity contribution in [2.75, 3.05) is 11.1 Å². The van der Waals surface area contributed by atoms with Gasteiger partial charge in [0.2, 0.25) is 5.91 Å². The molecule has 2 rings (SSSR count). The van der Waals surface area contributed by atoms with Crippen LogP contribution in [0.15, 0.2) is 52.3 Å². The lowest BCUT2D eigenvalue weighted by atomic mass is 10.2. The molecule has 0 aliphatic heterocycles. The number of aryl methyl sites for hydroxylation is 2. The summed E-state index contributed by atoms with van der Waals surface area (Å²) in [7, 11) is -3.39. The number of carbonyl (C=O) groups is 1. The molecule has 0 aliphatic carbocycles. The van der Waals surface area contributed by atoms with Gasteiger partial charge >= 0.3 is 0 Å². The summed E-state index contributed by atoms with van der Waals surface area (Å²) in [6.45, 7) is 7.28. The Morgan fingerprint density at radius 1 is 1.08 bits per heavy atom. The van der Waals surface area contributed by atoms with Gasteiger partial charge in [0.05, 0.1) is 5.25 Å². The number of hydrogen-bond acceptors (Lipinski definition) is 4. The highest BCUT2D eigenvalue weighted by Crippen LogP contribution is 2.31. The van der Waals surface area contributed by atoms with Crippen molar-refractivity contribution in [1.82, 2.24) is 0 Å². The molecule has 1 N–H and O–H groups in total. The number of hydrogen-bond donors (Lipinski definition) is 1. The second kappa shape index (κ2) is 8.06. The van der Waals surface area contributed by atoms with Crippen LogP contribution in [0.3, 0.4) is 0 Å². The molecule has 0 saturated carbocycles. The van der Waals surface area contributed by atoms with Gasteiger partial charge in [-0.3, -0.25) is 4.79 Å². The Kier molecular flexibility index (Phi) is 6.30. The van der Waals surface area contributed by atoms with Gasteiger partial charge in [-0.25, -0.2) is 8.42 Å². The summed E-state index contributed by atoms with van der Waals surface area (Å²) in [5, 5.41) is 2.08. The van der Waals surface area contributed by atoms with Crippen LogP contribution in [-0.4, -0.2) is 25.3 Å². The second-order valence-corrected chi connectivity index (χ2v) is 9.97. The first-order chi connectivity index (χ1) is 11.7. The van der Waals surface area contributed by atoms with Crippen molar-refractivity contribution in [1.29, 1.82) is 0 Å². The lowest BCUT2D eigenvalue weighted by Crippen LogP contribution is -2.27. The fourth-order valence-corrected chi connectivity index (χ4v) is 3.87. The average Bonchev–Trinajstić information content (AvgIpc) is 2.52. The van der Waals surface area contributed by atoms with E-state index >= 15 is 0 Å². The minimum atomic E-state index is -3.39. The highest BCUT2D eigenvalue weighted by Gasteiger charge is 2.20. The van der Waals surface area contributed by atoms with Gasteiger partial charge in [-0.05, 0) is 69.2 Å². The Labute approximate surface area is 154 Å². The van der Waals surface area contributed by atoms with Crippen LogP contribution in [-0.2, 0) is 14.6 Å². The summed E-state index contributed by atoms with van der Waals surface area (Å²) < 4.78 is 23.6. The molecule has 0 fully saturated rings. The molecule has 4 nitrogen and oxygen atoms in total. The van der Waals surface area contributed by atoms with Crippen LogP contribution in [0.2, 0.25) is 0 Å². The van der Waals surface area contributed by atoms with Gasteiger partial charge in [0.25, 0.3) is 0 Å². The molecule has 0 atom stereocenters. The number of sulfone groups is 1. The van der Waals surface area contributed by atoms with Gasteiger partial charge < -0.3 is 5.32 Å². The van der Waals surface area contributed by atoms with Crippen molar-refractivity contribution < 1.29 is 13.2 Å². The first-order valence-electron chi connectivity index (χ1n) is 8.04. The molecule has 0 radical (unpaired) electrons. The van der Waals surface area contributed by atoms with Crippen molar-refractivity contribution in [3.8, 4) is 0 Å². The van der Waals surface area contributed by atoms with E-state index in [4.69, 9.17) is 0 Å². The monoisotopic (exact) mass is 377 g/mol. The van der Waals surface area contributed by atoms with Crippen LogP contribution in [0.4, 0.5) is 5.69 Å². The first-order valence-corrected chi connectivity index (χ1v) is 10.6. The van der Waals surface area contributed by atoms with Crippen LogP contribution < -0.4 is 5.32 Å². The SMILES string of the molecule is Cc1ccc(C)c(Sc2ccc(NC(=O)CS(=O)(=O)C(C)C)cc2)c1. The number of anilines is 1. The molecule has 0 spiro atoms. The number of nitrogens with one attached hydrogen (secondary N) is 1. The van der Waals surface area contributed by atoms with Crippen molar-refractivity contribution in [2.24, 2.45) is 0 Å². The van der Waals surface area contributed by atoms with Gasteiger partial charge in [0.15, 0.2) is 9.84 Å². The minimum Gasteiger partial charge on any atom is -0.325 e. The van der Waals surface area contributed by atoms with Crippen molar-refractivity contribution >= 4 is 33.2 Å². The zero-order chi connectivity index (χ0) is 18.6. The van der Waals surface area contributed by atoms with Crippen LogP contribution in [0.1, 0.15) is 25.0 Å². The largest absolute Gasteiger partial charge is 0.325 e. The number of rotatable bonds is 6. The van der Waals surface area contributed by atoms with Crippen LogP contribution >= 0.6 is 11.8 Å². The summed E-state index contributed by atoms with van der Waals surface area (Å²) in [4.78, 5) is 14.1. The number of benzene rings is 2. The molecule has 134 valence electrons. The average molecular weight is 378 g/mol. The molecular weight excluding hydrogens is 354 g/mol. The van der Waals surface area contributed by atoms with E-state index in [9.17, 15) is 13.2 Å².